The molecule has 84 valence electrons. The van der Waals surface area contributed by atoms with Crippen LogP contribution in [0.4, 0.5) is 11.5 Å². The fourth-order valence-electron chi connectivity index (χ4n) is 1.51. The Morgan fingerprint density at radius 3 is 2.76 bits per heavy atom. The summed E-state index contributed by atoms with van der Waals surface area (Å²) in [4.78, 5) is 17.6. The number of para-hydroxylation sites is 1. The quantitative estimate of drug-likeness (QED) is 0.602. The minimum absolute atomic E-state index is 0.378. The van der Waals surface area contributed by atoms with Crippen LogP contribution in [0.15, 0.2) is 35.1 Å². The lowest BCUT2D eigenvalue weighted by Gasteiger charge is -2.03. The van der Waals surface area contributed by atoms with Gasteiger partial charge in [-0.15, -0.1) is 5.10 Å². The SMILES string of the molecule is O=c1nc(Nc2ccccc2)c2n[nH]nc2[nH]1. The van der Waals surface area contributed by atoms with Gasteiger partial charge in [0.25, 0.3) is 0 Å². The van der Waals surface area contributed by atoms with Crippen LogP contribution >= 0.6 is 0 Å². The first-order valence-corrected chi connectivity index (χ1v) is 4.96. The molecule has 0 saturated heterocycles. The number of H-pyrrole nitrogens is 2. The van der Waals surface area contributed by atoms with Gasteiger partial charge in [-0.1, -0.05) is 18.2 Å². The molecule has 0 radical (unpaired) electrons. The molecule has 3 rings (SSSR count). The number of nitrogens with zero attached hydrogens (tertiary/aromatic N) is 3. The molecule has 0 aliphatic carbocycles. The molecule has 0 spiro atoms. The van der Waals surface area contributed by atoms with Gasteiger partial charge in [0.05, 0.1) is 0 Å². The number of fused-ring (bicyclic) bond motifs is 1. The summed E-state index contributed by atoms with van der Waals surface area (Å²) >= 11 is 0. The van der Waals surface area contributed by atoms with E-state index in [-0.39, 0.29) is 0 Å². The first-order chi connectivity index (χ1) is 8.33. The van der Waals surface area contributed by atoms with Gasteiger partial charge in [0.1, 0.15) is 0 Å². The van der Waals surface area contributed by atoms with Gasteiger partial charge in [-0.2, -0.15) is 15.3 Å². The Labute approximate surface area is 94.9 Å². The van der Waals surface area contributed by atoms with Crippen molar-refractivity contribution in [3.63, 3.8) is 0 Å². The number of hydrogen-bond donors (Lipinski definition) is 3. The number of hydrogen-bond acceptors (Lipinski definition) is 5. The first-order valence-electron chi connectivity index (χ1n) is 4.96. The van der Waals surface area contributed by atoms with Gasteiger partial charge in [-0.05, 0) is 12.1 Å². The minimum Gasteiger partial charge on any atom is -0.338 e. The fourth-order valence-corrected chi connectivity index (χ4v) is 1.51. The average molecular weight is 228 g/mol. The summed E-state index contributed by atoms with van der Waals surface area (Å²) in [5.74, 6) is 0.378. The molecule has 7 nitrogen and oxygen atoms in total. The van der Waals surface area contributed by atoms with Crippen LogP contribution in [0, 0.1) is 0 Å². The lowest BCUT2D eigenvalue weighted by atomic mass is 10.3. The molecule has 0 aliphatic heterocycles. The second kappa shape index (κ2) is 3.71. The van der Waals surface area contributed by atoms with Crippen molar-refractivity contribution in [3.05, 3.63) is 40.8 Å². The Balaban J connectivity index is 2.11. The van der Waals surface area contributed by atoms with Crippen LogP contribution < -0.4 is 11.0 Å². The van der Waals surface area contributed by atoms with Crippen molar-refractivity contribution in [1.29, 1.82) is 0 Å². The van der Waals surface area contributed by atoms with E-state index in [0.717, 1.165) is 5.69 Å². The number of aromatic nitrogens is 5. The van der Waals surface area contributed by atoms with Gasteiger partial charge in [0.15, 0.2) is 17.0 Å². The van der Waals surface area contributed by atoms with E-state index in [1.165, 1.54) is 0 Å². The van der Waals surface area contributed by atoms with Crippen molar-refractivity contribution in [2.75, 3.05) is 5.32 Å². The van der Waals surface area contributed by atoms with E-state index in [4.69, 9.17) is 0 Å². The molecule has 0 atom stereocenters. The predicted octanol–water partition coefficient (Wildman–Crippen LogP) is 0.785. The normalized spacial score (nSPS) is 10.6. The topological polar surface area (TPSA) is 99.3 Å². The van der Waals surface area contributed by atoms with Crippen molar-refractivity contribution >= 4 is 22.7 Å². The molecular weight excluding hydrogens is 220 g/mol. The fraction of sp³-hybridized carbons (Fsp3) is 0. The zero-order valence-corrected chi connectivity index (χ0v) is 8.64. The molecule has 1 aromatic carbocycles. The lowest BCUT2D eigenvalue weighted by Crippen LogP contribution is -2.12. The third-order valence-electron chi connectivity index (χ3n) is 2.25. The Morgan fingerprint density at radius 1 is 1.12 bits per heavy atom. The summed E-state index contributed by atoms with van der Waals surface area (Å²) in [6.45, 7) is 0. The summed E-state index contributed by atoms with van der Waals surface area (Å²) in [7, 11) is 0. The standard InChI is InChI=1S/C10H8N6O/c17-10-12-8(7-9(13-10)15-16-14-7)11-6-4-2-1-3-5-6/h1-5H,(H3,11,12,13,14,15,16,17). The van der Waals surface area contributed by atoms with E-state index in [0.29, 0.717) is 17.0 Å². The number of rotatable bonds is 2. The number of aromatic amines is 2. The highest BCUT2D eigenvalue weighted by atomic mass is 16.1. The van der Waals surface area contributed by atoms with E-state index in [9.17, 15) is 4.79 Å². The number of anilines is 2. The Hall–Kier alpha value is -2.70. The van der Waals surface area contributed by atoms with Crippen LogP contribution in [0.1, 0.15) is 0 Å². The summed E-state index contributed by atoms with van der Waals surface area (Å²) < 4.78 is 0. The molecular formula is C10H8N6O. The molecule has 2 heterocycles. The van der Waals surface area contributed by atoms with Gasteiger partial charge in [0, 0.05) is 5.69 Å². The molecule has 0 amide bonds. The van der Waals surface area contributed by atoms with Crippen molar-refractivity contribution in [3.8, 4) is 0 Å². The Kier molecular flexibility index (Phi) is 2.08. The second-order valence-corrected chi connectivity index (χ2v) is 3.40. The monoisotopic (exact) mass is 228 g/mol. The van der Waals surface area contributed by atoms with Crippen LogP contribution in [-0.4, -0.2) is 25.4 Å². The molecule has 2 aromatic heterocycles. The first kappa shape index (κ1) is 9.52. The van der Waals surface area contributed by atoms with E-state index >= 15 is 0 Å². The largest absolute Gasteiger partial charge is 0.348 e. The molecule has 0 bridgehead atoms. The maximum absolute atomic E-state index is 11.3. The maximum Gasteiger partial charge on any atom is 0.348 e. The van der Waals surface area contributed by atoms with Crippen molar-refractivity contribution in [1.82, 2.24) is 25.4 Å². The molecule has 0 unspecified atom stereocenters. The molecule has 3 aromatic rings. The van der Waals surface area contributed by atoms with Crippen molar-refractivity contribution in [2.24, 2.45) is 0 Å². The van der Waals surface area contributed by atoms with E-state index in [2.05, 4.69) is 30.7 Å². The van der Waals surface area contributed by atoms with E-state index in [1.807, 2.05) is 30.3 Å². The zero-order chi connectivity index (χ0) is 11.7. The molecule has 7 heteroatoms. The smallest absolute Gasteiger partial charge is 0.338 e. The van der Waals surface area contributed by atoms with E-state index in [1.54, 1.807) is 0 Å². The molecule has 0 aliphatic rings. The van der Waals surface area contributed by atoms with Crippen molar-refractivity contribution in [2.45, 2.75) is 0 Å². The summed E-state index contributed by atoms with van der Waals surface area (Å²) in [5.41, 5.74) is 1.23. The van der Waals surface area contributed by atoms with Gasteiger partial charge < -0.3 is 5.32 Å². The lowest BCUT2D eigenvalue weighted by molar-refractivity contribution is 0.953. The predicted molar refractivity (Wildman–Crippen MR) is 62.0 cm³/mol. The number of nitrogens with one attached hydrogen (secondary N) is 3. The van der Waals surface area contributed by atoms with Gasteiger partial charge in [-0.3, -0.25) is 4.98 Å². The van der Waals surface area contributed by atoms with Crippen LogP contribution in [0.5, 0.6) is 0 Å². The molecule has 17 heavy (non-hydrogen) atoms. The van der Waals surface area contributed by atoms with Crippen LogP contribution in [-0.2, 0) is 0 Å². The van der Waals surface area contributed by atoms with E-state index < -0.39 is 5.69 Å². The zero-order valence-electron chi connectivity index (χ0n) is 8.64. The second-order valence-electron chi connectivity index (χ2n) is 3.40. The summed E-state index contributed by atoms with van der Waals surface area (Å²) in [5, 5.41) is 13.2. The average Bonchev–Trinajstić information content (AvgIpc) is 2.78. The van der Waals surface area contributed by atoms with Crippen LogP contribution in [0.3, 0.4) is 0 Å². The van der Waals surface area contributed by atoms with Gasteiger partial charge in [0.2, 0.25) is 0 Å². The third-order valence-corrected chi connectivity index (χ3v) is 2.25. The Morgan fingerprint density at radius 2 is 1.94 bits per heavy atom. The highest BCUT2D eigenvalue weighted by Crippen LogP contribution is 2.17. The van der Waals surface area contributed by atoms with Crippen molar-refractivity contribution < 1.29 is 0 Å². The van der Waals surface area contributed by atoms with Gasteiger partial charge in [-0.25, -0.2) is 4.79 Å². The van der Waals surface area contributed by atoms with Crippen LogP contribution in [0.2, 0.25) is 0 Å². The van der Waals surface area contributed by atoms with Gasteiger partial charge >= 0.3 is 5.69 Å². The highest BCUT2D eigenvalue weighted by Gasteiger charge is 2.08. The summed E-state index contributed by atoms with van der Waals surface area (Å²) in [6, 6.07) is 9.41. The molecule has 0 fully saturated rings. The third kappa shape index (κ3) is 1.73. The Bertz CT molecular complexity index is 701. The van der Waals surface area contributed by atoms with Crippen LogP contribution in [0.25, 0.3) is 11.2 Å². The maximum atomic E-state index is 11.3. The molecule has 3 N–H and O–H groups in total. The molecule has 0 saturated carbocycles. The summed E-state index contributed by atoms with van der Waals surface area (Å²) in [6.07, 6.45) is 0. The number of benzene rings is 1. The minimum atomic E-state index is -0.468. The highest BCUT2D eigenvalue weighted by molar-refractivity contribution is 5.83.